The fourth-order valence-corrected chi connectivity index (χ4v) is 1.94. The van der Waals surface area contributed by atoms with Crippen LogP contribution in [-0.2, 0) is 9.53 Å². The molecule has 1 amide bonds. The van der Waals surface area contributed by atoms with E-state index in [2.05, 4.69) is 12.2 Å². The molecule has 0 fully saturated rings. The molecule has 0 aliphatic carbocycles. The number of amides is 1. The maximum Gasteiger partial charge on any atom is 0.255 e. The molecule has 1 unspecified atom stereocenters. The number of para-hydroxylation sites is 1. The van der Waals surface area contributed by atoms with Gasteiger partial charge in [-0.25, -0.2) is 0 Å². The molecule has 0 bridgehead atoms. The summed E-state index contributed by atoms with van der Waals surface area (Å²) in [4.78, 5) is 12.0. The number of benzene rings is 1. The molecule has 0 spiro atoms. The minimum absolute atomic E-state index is 0.0512. The van der Waals surface area contributed by atoms with Gasteiger partial charge in [0.2, 0.25) is 0 Å². The van der Waals surface area contributed by atoms with E-state index in [-0.39, 0.29) is 12.0 Å². The molecule has 1 atom stereocenters. The molecule has 1 N–H and O–H groups in total. The Kier molecular flexibility index (Phi) is 3.47. The summed E-state index contributed by atoms with van der Waals surface area (Å²) in [6.45, 7) is 3.92. The molecule has 0 radical (unpaired) electrons. The topological polar surface area (TPSA) is 38.3 Å². The number of carbonyl (C=O) groups is 1. The van der Waals surface area contributed by atoms with E-state index in [1.165, 1.54) is 0 Å². The Morgan fingerprint density at radius 2 is 2.12 bits per heavy atom. The summed E-state index contributed by atoms with van der Waals surface area (Å²) >= 11 is 0. The third kappa shape index (κ3) is 2.67. The molecule has 3 heteroatoms. The summed E-state index contributed by atoms with van der Waals surface area (Å²) in [7, 11) is 0. The zero-order valence-electron chi connectivity index (χ0n) is 10.2. The summed E-state index contributed by atoms with van der Waals surface area (Å²) in [5.74, 6) is 0.704. The van der Waals surface area contributed by atoms with Gasteiger partial charge >= 0.3 is 0 Å². The predicted octanol–water partition coefficient (Wildman–Crippen LogP) is 3.10. The lowest BCUT2D eigenvalue weighted by Gasteiger charge is -2.06. The molecule has 3 nitrogen and oxygen atoms in total. The second-order valence-electron chi connectivity index (χ2n) is 4.21. The van der Waals surface area contributed by atoms with Gasteiger partial charge in [-0.05, 0) is 25.5 Å². The van der Waals surface area contributed by atoms with Crippen LogP contribution in [-0.4, -0.2) is 12.0 Å². The highest BCUT2D eigenvalue weighted by Gasteiger charge is 2.26. The van der Waals surface area contributed by atoms with Gasteiger partial charge in [0.15, 0.2) is 0 Å². The van der Waals surface area contributed by atoms with E-state index in [0.29, 0.717) is 6.42 Å². The van der Waals surface area contributed by atoms with Crippen molar-refractivity contribution in [2.45, 2.75) is 32.8 Å². The van der Waals surface area contributed by atoms with Crippen LogP contribution in [0.2, 0.25) is 0 Å². The first-order chi connectivity index (χ1) is 8.20. The highest BCUT2D eigenvalue weighted by molar-refractivity contribution is 6.04. The molecular weight excluding hydrogens is 214 g/mol. The molecule has 1 aliphatic rings. The first-order valence-electron chi connectivity index (χ1n) is 5.93. The zero-order chi connectivity index (χ0) is 12.3. The number of nitrogens with one attached hydrogen (secondary N) is 1. The number of anilines is 1. The van der Waals surface area contributed by atoms with Crippen LogP contribution in [0.5, 0.6) is 0 Å². The summed E-state index contributed by atoms with van der Waals surface area (Å²) in [5, 5.41) is 2.88. The zero-order valence-corrected chi connectivity index (χ0v) is 10.2. The third-order valence-electron chi connectivity index (χ3n) is 2.96. The Hall–Kier alpha value is -1.77. The molecule has 1 heterocycles. The van der Waals surface area contributed by atoms with Gasteiger partial charge in [0.05, 0.1) is 5.57 Å². The molecule has 17 heavy (non-hydrogen) atoms. The number of allylic oxidation sites excluding steroid dienone is 1. The lowest BCUT2D eigenvalue weighted by Crippen LogP contribution is -2.15. The van der Waals surface area contributed by atoms with Gasteiger partial charge < -0.3 is 10.1 Å². The maximum atomic E-state index is 12.0. The van der Waals surface area contributed by atoms with E-state index in [9.17, 15) is 4.79 Å². The molecule has 0 aromatic heterocycles. The van der Waals surface area contributed by atoms with Crippen molar-refractivity contribution in [3.8, 4) is 0 Å². The number of ether oxygens (including phenoxy) is 1. The molecular formula is C14H17NO2. The Morgan fingerprint density at radius 1 is 1.41 bits per heavy atom. The first-order valence-corrected chi connectivity index (χ1v) is 5.93. The van der Waals surface area contributed by atoms with Crippen LogP contribution in [0.3, 0.4) is 0 Å². The van der Waals surface area contributed by atoms with Gasteiger partial charge in [-0.2, -0.15) is 0 Å². The van der Waals surface area contributed by atoms with Crippen molar-refractivity contribution in [1.82, 2.24) is 0 Å². The Morgan fingerprint density at radius 3 is 2.71 bits per heavy atom. The quantitative estimate of drug-likeness (QED) is 0.868. The smallest absolute Gasteiger partial charge is 0.255 e. The number of rotatable bonds is 3. The lowest BCUT2D eigenvalue weighted by molar-refractivity contribution is -0.113. The van der Waals surface area contributed by atoms with Crippen molar-refractivity contribution in [3.05, 3.63) is 41.7 Å². The summed E-state index contributed by atoms with van der Waals surface area (Å²) in [6.07, 6.45) is 1.80. The molecule has 1 aromatic carbocycles. The third-order valence-corrected chi connectivity index (χ3v) is 2.96. The van der Waals surface area contributed by atoms with Crippen LogP contribution >= 0.6 is 0 Å². The predicted molar refractivity (Wildman–Crippen MR) is 67.6 cm³/mol. The number of hydrogen-bond acceptors (Lipinski definition) is 2. The minimum atomic E-state index is -0.0512. The molecule has 90 valence electrons. The Bertz CT molecular complexity index is 437. The molecule has 2 rings (SSSR count). The van der Waals surface area contributed by atoms with E-state index in [1.54, 1.807) is 0 Å². The van der Waals surface area contributed by atoms with Crippen LogP contribution in [0.15, 0.2) is 41.7 Å². The molecule has 1 aliphatic heterocycles. The van der Waals surface area contributed by atoms with Crippen LogP contribution < -0.4 is 5.32 Å². The van der Waals surface area contributed by atoms with Crippen molar-refractivity contribution >= 4 is 11.6 Å². The van der Waals surface area contributed by atoms with Crippen molar-refractivity contribution in [2.24, 2.45) is 0 Å². The van der Waals surface area contributed by atoms with Gasteiger partial charge in [-0.15, -0.1) is 0 Å². The van der Waals surface area contributed by atoms with Gasteiger partial charge in [0, 0.05) is 12.1 Å². The number of carbonyl (C=O) groups excluding carboxylic acids is 1. The summed E-state index contributed by atoms with van der Waals surface area (Å²) < 4.78 is 5.60. The summed E-state index contributed by atoms with van der Waals surface area (Å²) in [6, 6.07) is 9.47. The van der Waals surface area contributed by atoms with E-state index < -0.39 is 0 Å². The van der Waals surface area contributed by atoms with Gasteiger partial charge in [0.25, 0.3) is 5.91 Å². The second kappa shape index (κ2) is 5.04. The molecule has 0 saturated carbocycles. The molecule has 1 aromatic rings. The largest absolute Gasteiger partial charge is 0.494 e. The Balaban J connectivity index is 2.04. The van der Waals surface area contributed by atoms with E-state index in [1.807, 2.05) is 37.3 Å². The van der Waals surface area contributed by atoms with Gasteiger partial charge in [-0.3, -0.25) is 4.79 Å². The van der Waals surface area contributed by atoms with Gasteiger partial charge in [-0.1, -0.05) is 25.1 Å². The molecule has 0 saturated heterocycles. The fourth-order valence-electron chi connectivity index (χ4n) is 1.94. The van der Waals surface area contributed by atoms with E-state index in [0.717, 1.165) is 23.4 Å². The normalized spacial score (nSPS) is 19.1. The van der Waals surface area contributed by atoms with Gasteiger partial charge in [0.1, 0.15) is 11.9 Å². The summed E-state index contributed by atoms with van der Waals surface area (Å²) in [5.41, 5.74) is 1.58. The Labute approximate surface area is 101 Å². The maximum absolute atomic E-state index is 12.0. The monoisotopic (exact) mass is 231 g/mol. The van der Waals surface area contributed by atoms with Crippen LogP contribution in [0, 0.1) is 0 Å². The highest BCUT2D eigenvalue weighted by Crippen LogP contribution is 2.27. The standard InChI is InChI=1S/C14H17NO2/c1-3-12-9-13(10(2)17-12)14(16)15-11-7-5-4-6-8-11/h4-8,12H,3,9H2,1-2H3,(H,15,16). The lowest BCUT2D eigenvalue weighted by atomic mass is 10.1. The van der Waals surface area contributed by atoms with Crippen molar-refractivity contribution in [2.75, 3.05) is 5.32 Å². The van der Waals surface area contributed by atoms with E-state index >= 15 is 0 Å². The van der Waals surface area contributed by atoms with E-state index in [4.69, 9.17) is 4.74 Å². The van der Waals surface area contributed by atoms with Crippen molar-refractivity contribution in [3.63, 3.8) is 0 Å². The average Bonchev–Trinajstić information content (AvgIpc) is 2.72. The second-order valence-corrected chi connectivity index (χ2v) is 4.21. The minimum Gasteiger partial charge on any atom is -0.494 e. The van der Waals surface area contributed by atoms with Crippen molar-refractivity contribution in [1.29, 1.82) is 0 Å². The van der Waals surface area contributed by atoms with Crippen LogP contribution in [0.1, 0.15) is 26.7 Å². The SMILES string of the molecule is CCC1CC(C(=O)Nc2ccccc2)=C(C)O1. The first kappa shape index (κ1) is 11.7. The highest BCUT2D eigenvalue weighted by atomic mass is 16.5. The van der Waals surface area contributed by atoms with Crippen LogP contribution in [0.25, 0.3) is 0 Å². The number of hydrogen-bond donors (Lipinski definition) is 1. The van der Waals surface area contributed by atoms with Crippen molar-refractivity contribution < 1.29 is 9.53 Å². The van der Waals surface area contributed by atoms with Crippen LogP contribution in [0.4, 0.5) is 5.69 Å². The average molecular weight is 231 g/mol. The fraction of sp³-hybridized carbons (Fsp3) is 0.357.